The van der Waals surface area contributed by atoms with Crippen LogP contribution in [-0.4, -0.2) is 50.1 Å². The molecule has 0 fully saturated rings. The number of fused-ring (bicyclic) bond motifs is 1. The lowest BCUT2D eigenvalue weighted by atomic mass is 9.83. The highest BCUT2D eigenvalue weighted by atomic mass is 16.5. The normalized spacial score (nSPS) is 18.6. The Morgan fingerprint density at radius 1 is 0.919 bits per heavy atom. The molecular weight excluding hydrogens is 462 g/mol. The van der Waals surface area contributed by atoms with E-state index in [2.05, 4.69) is 72.6 Å². The van der Waals surface area contributed by atoms with Gasteiger partial charge in [-0.3, -0.25) is 4.90 Å². The van der Waals surface area contributed by atoms with E-state index in [1.165, 1.54) is 27.8 Å². The standard InChI is InChI=1S/C32H53NO4/c1-21(15-14-16-22(2)18-20-25(35-11)32(8,9)34)17-19-24-28(36-12)23(3)26-27(29(24)37-13)31(6,7)33(10)30(26,4)5/h16-17,25,34H,14-15,18-20H2,1-13H3/b21-17+,22-16+. The Balaban J connectivity index is 2.23. The highest BCUT2D eigenvalue weighted by Crippen LogP contribution is 2.56. The minimum absolute atomic E-state index is 0.117. The summed E-state index contributed by atoms with van der Waals surface area (Å²) in [6.45, 7) is 19.3. The van der Waals surface area contributed by atoms with E-state index >= 15 is 0 Å². The van der Waals surface area contributed by atoms with Crippen molar-refractivity contribution in [1.29, 1.82) is 0 Å². The van der Waals surface area contributed by atoms with Gasteiger partial charge in [-0.1, -0.05) is 23.3 Å². The van der Waals surface area contributed by atoms with Crippen molar-refractivity contribution >= 4 is 0 Å². The predicted octanol–water partition coefficient (Wildman–Crippen LogP) is 7.21. The van der Waals surface area contributed by atoms with Gasteiger partial charge in [0.2, 0.25) is 0 Å². The topological polar surface area (TPSA) is 51.2 Å². The Morgan fingerprint density at radius 3 is 1.97 bits per heavy atom. The summed E-state index contributed by atoms with van der Waals surface area (Å²) in [6.07, 6.45) is 9.00. The van der Waals surface area contributed by atoms with Crippen molar-refractivity contribution in [2.45, 2.75) is 117 Å². The first-order valence-electron chi connectivity index (χ1n) is 13.6. The maximum atomic E-state index is 10.2. The van der Waals surface area contributed by atoms with E-state index in [4.69, 9.17) is 14.2 Å². The maximum absolute atomic E-state index is 10.2. The number of ether oxygens (including phenoxy) is 3. The fourth-order valence-corrected chi connectivity index (χ4v) is 6.11. The van der Waals surface area contributed by atoms with Gasteiger partial charge in [-0.15, -0.1) is 0 Å². The van der Waals surface area contributed by atoms with Gasteiger partial charge in [-0.05, 0) is 113 Å². The van der Waals surface area contributed by atoms with Crippen LogP contribution in [0.3, 0.4) is 0 Å². The van der Waals surface area contributed by atoms with Crippen LogP contribution in [-0.2, 0) is 22.2 Å². The number of nitrogens with zero attached hydrogens (tertiary/aromatic N) is 1. The number of hydrogen-bond acceptors (Lipinski definition) is 5. The van der Waals surface area contributed by atoms with E-state index in [0.717, 1.165) is 49.2 Å². The second kappa shape index (κ2) is 11.9. The third-order valence-electron chi connectivity index (χ3n) is 8.61. The first kappa shape index (κ1) is 31.4. The molecule has 1 atom stereocenters. The molecule has 1 aromatic carbocycles. The van der Waals surface area contributed by atoms with Crippen molar-refractivity contribution in [2.75, 3.05) is 28.4 Å². The molecule has 5 nitrogen and oxygen atoms in total. The molecule has 1 unspecified atom stereocenters. The van der Waals surface area contributed by atoms with Crippen LogP contribution in [0.25, 0.3) is 0 Å². The maximum Gasteiger partial charge on any atom is 0.131 e. The molecule has 0 radical (unpaired) electrons. The second-order valence-corrected chi connectivity index (χ2v) is 12.4. The number of methoxy groups -OCH3 is 3. The Kier molecular flexibility index (Phi) is 10.1. The molecule has 0 bridgehead atoms. The van der Waals surface area contributed by atoms with Crippen molar-refractivity contribution in [2.24, 2.45) is 0 Å². The molecule has 1 aliphatic heterocycles. The third-order valence-corrected chi connectivity index (χ3v) is 8.61. The van der Waals surface area contributed by atoms with Gasteiger partial charge in [-0.25, -0.2) is 0 Å². The van der Waals surface area contributed by atoms with Crippen LogP contribution in [0.5, 0.6) is 11.5 Å². The van der Waals surface area contributed by atoms with Gasteiger partial charge < -0.3 is 19.3 Å². The van der Waals surface area contributed by atoms with Crippen LogP contribution in [0.4, 0.5) is 0 Å². The molecule has 0 aliphatic carbocycles. The number of hydrogen-bond donors (Lipinski definition) is 1. The number of allylic oxidation sites excluding steroid dienone is 4. The highest BCUT2D eigenvalue weighted by Gasteiger charge is 2.51. The lowest BCUT2D eigenvalue weighted by molar-refractivity contribution is -0.0728. The summed E-state index contributed by atoms with van der Waals surface area (Å²) >= 11 is 0. The predicted molar refractivity (Wildman–Crippen MR) is 155 cm³/mol. The monoisotopic (exact) mass is 515 g/mol. The molecule has 0 aromatic heterocycles. The van der Waals surface area contributed by atoms with Crippen LogP contribution >= 0.6 is 0 Å². The molecule has 1 N–H and O–H groups in total. The van der Waals surface area contributed by atoms with Crippen LogP contribution in [0.2, 0.25) is 0 Å². The van der Waals surface area contributed by atoms with Crippen LogP contribution in [0.15, 0.2) is 23.3 Å². The molecule has 1 aliphatic rings. The summed E-state index contributed by atoms with van der Waals surface area (Å²) in [5.74, 6) is 1.90. The smallest absolute Gasteiger partial charge is 0.131 e. The fourth-order valence-electron chi connectivity index (χ4n) is 6.11. The van der Waals surface area contributed by atoms with Crippen molar-refractivity contribution in [3.05, 3.63) is 45.6 Å². The zero-order chi connectivity index (χ0) is 28.3. The lowest BCUT2D eigenvalue weighted by Gasteiger charge is -2.37. The first-order valence-corrected chi connectivity index (χ1v) is 13.6. The van der Waals surface area contributed by atoms with Gasteiger partial charge in [0, 0.05) is 29.3 Å². The zero-order valence-corrected chi connectivity index (χ0v) is 25.9. The molecule has 0 amide bonds. The van der Waals surface area contributed by atoms with Gasteiger partial charge in [0.05, 0.1) is 25.9 Å². The molecular formula is C32H53NO4. The Hall–Kier alpha value is -1.82. The van der Waals surface area contributed by atoms with Gasteiger partial charge in [0.1, 0.15) is 11.5 Å². The highest BCUT2D eigenvalue weighted by molar-refractivity contribution is 5.65. The van der Waals surface area contributed by atoms with Gasteiger partial charge >= 0.3 is 0 Å². The van der Waals surface area contributed by atoms with Gasteiger partial charge in [0.15, 0.2) is 0 Å². The van der Waals surface area contributed by atoms with E-state index in [1.807, 2.05) is 0 Å². The van der Waals surface area contributed by atoms with E-state index in [9.17, 15) is 5.11 Å². The van der Waals surface area contributed by atoms with E-state index in [1.54, 1.807) is 35.2 Å². The SMILES string of the molecule is COc1c(C)c2c(c(OC)c1C/C=C(\C)CC/C=C(\C)CCC(OC)C(C)(C)O)C(C)(C)N(C)C2(C)C. The summed E-state index contributed by atoms with van der Waals surface area (Å²) in [5, 5.41) is 10.2. The van der Waals surface area contributed by atoms with Crippen LogP contribution in [0, 0.1) is 6.92 Å². The fraction of sp³-hybridized carbons (Fsp3) is 0.688. The first-order chi connectivity index (χ1) is 17.0. The van der Waals surface area contributed by atoms with Crippen LogP contribution in [0.1, 0.15) is 103 Å². The summed E-state index contributed by atoms with van der Waals surface area (Å²) in [5.41, 5.74) is 6.54. The molecule has 0 saturated carbocycles. The number of rotatable bonds is 12. The van der Waals surface area contributed by atoms with Gasteiger partial charge in [0.25, 0.3) is 0 Å². The average molecular weight is 516 g/mol. The molecule has 210 valence electrons. The van der Waals surface area contributed by atoms with E-state index in [-0.39, 0.29) is 17.2 Å². The van der Waals surface area contributed by atoms with E-state index < -0.39 is 5.60 Å². The summed E-state index contributed by atoms with van der Waals surface area (Å²) in [4.78, 5) is 2.44. The zero-order valence-electron chi connectivity index (χ0n) is 25.9. The largest absolute Gasteiger partial charge is 0.496 e. The Morgan fingerprint density at radius 2 is 1.46 bits per heavy atom. The number of aliphatic hydroxyl groups is 1. The minimum Gasteiger partial charge on any atom is -0.496 e. The summed E-state index contributed by atoms with van der Waals surface area (Å²) in [6, 6.07) is 0. The van der Waals surface area contributed by atoms with Crippen molar-refractivity contribution < 1.29 is 19.3 Å². The summed E-state index contributed by atoms with van der Waals surface area (Å²) < 4.78 is 17.6. The van der Waals surface area contributed by atoms with Crippen LogP contribution < -0.4 is 9.47 Å². The quantitative estimate of drug-likeness (QED) is 0.298. The molecule has 2 rings (SSSR count). The third kappa shape index (κ3) is 6.43. The average Bonchev–Trinajstić information content (AvgIpc) is 2.94. The van der Waals surface area contributed by atoms with E-state index in [0.29, 0.717) is 0 Å². The van der Waals surface area contributed by atoms with Gasteiger partial charge in [-0.2, -0.15) is 0 Å². The Labute approximate surface area is 226 Å². The summed E-state index contributed by atoms with van der Waals surface area (Å²) in [7, 11) is 7.42. The molecule has 37 heavy (non-hydrogen) atoms. The minimum atomic E-state index is -0.827. The van der Waals surface area contributed by atoms with Crippen molar-refractivity contribution in [3.8, 4) is 11.5 Å². The molecule has 1 aromatic rings. The molecule has 0 spiro atoms. The number of benzene rings is 1. The lowest BCUT2D eigenvalue weighted by Crippen LogP contribution is -2.42. The Bertz CT molecular complexity index is 1010. The van der Waals surface area contributed by atoms with Crippen molar-refractivity contribution in [3.63, 3.8) is 0 Å². The molecule has 5 heteroatoms. The van der Waals surface area contributed by atoms with Crippen molar-refractivity contribution in [1.82, 2.24) is 4.90 Å². The molecule has 0 saturated heterocycles. The molecule has 1 heterocycles. The second-order valence-electron chi connectivity index (χ2n) is 12.4.